The number of aromatic nitrogens is 1. The largest absolute Gasteiger partial charge is 0.329 e. The number of carbonyl (C=O) groups excluding carboxylic acids is 1. The number of hydrogen-bond acceptors (Lipinski definition) is 4. The van der Waals surface area contributed by atoms with Gasteiger partial charge >= 0.3 is 6.03 Å². The molecular weight excluding hydrogens is 419 g/mol. The molecule has 3 heterocycles. The van der Waals surface area contributed by atoms with E-state index >= 15 is 0 Å². The normalized spacial score (nSPS) is 18.1. The van der Waals surface area contributed by atoms with Crippen LogP contribution in [-0.4, -0.2) is 32.0 Å². The Bertz CT molecular complexity index is 1280. The van der Waals surface area contributed by atoms with Crippen LogP contribution in [0.4, 0.5) is 20.6 Å². The molecule has 0 spiro atoms. The molecule has 2 aromatic carbocycles. The van der Waals surface area contributed by atoms with E-state index in [9.17, 15) is 17.6 Å². The van der Waals surface area contributed by atoms with Crippen molar-refractivity contribution in [3.8, 4) is 11.3 Å². The quantitative estimate of drug-likeness (QED) is 0.679. The van der Waals surface area contributed by atoms with E-state index in [1.54, 1.807) is 16.0 Å². The van der Waals surface area contributed by atoms with Crippen LogP contribution in [0.2, 0.25) is 0 Å². The minimum atomic E-state index is -4.24. The monoisotopic (exact) mass is 438 g/mol. The lowest BCUT2D eigenvalue weighted by Crippen LogP contribution is -2.53. The molecule has 0 aliphatic carbocycles. The van der Waals surface area contributed by atoms with Crippen molar-refractivity contribution in [2.45, 2.75) is 23.8 Å². The van der Waals surface area contributed by atoms with Gasteiger partial charge in [0.1, 0.15) is 10.7 Å². The summed E-state index contributed by atoms with van der Waals surface area (Å²) in [6.07, 6.45) is 2.88. The predicted octanol–water partition coefficient (Wildman–Crippen LogP) is 3.30. The first kappa shape index (κ1) is 19.7. The van der Waals surface area contributed by atoms with Crippen LogP contribution in [0, 0.1) is 5.82 Å². The van der Waals surface area contributed by atoms with E-state index in [0.29, 0.717) is 30.6 Å². The number of fused-ring (bicyclic) bond motifs is 3. The minimum Gasteiger partial charge on any atom is -0.294 e. The lowest BCUT2D eigenvalue weighted by molar-refractivity contribution is 0.245. The highest BCUT2D eigenvalue weighted by atomic mass is 32.2. The van der Waals surface area contributed by atoms with Gasteiger partial charge in [0.25, 0.3) is 0 Å². The van der Waals surface area contributed by atoms with Gasteiger partial charge in [0.05, 0.1) is 11.4 Å². The van der Waals surface area contributed by atoms with E-state index in [-0.39, 0.29) is 12.1 Å². The number of rotatable bonds is 3. The van der Waals surface area contributed by atoms with Gasteiger partial charge < -0.3 is 0 Å². The molecule has 0 unspecified atom stereocenters. The molecule has 3 aromatic rings. The number of nitrogens with two attached hydrogens (primary N) is 1. The summed E-state index contributed by atoms with van der Waals surface area (Å²) >= 11 is 0. The Morgan fingerprint density at radius 3 is 2.55 bits per heavy atom. The number of anilines is 2. The first-order valence-electron chi connectivity index (χ1n) is 9.80. The molecule has 0 radical (unpaired) electrons. The summed E-state index contributed by atoms with van der Waals surface area (Å²) in [5.41, 5.74) is 3.51. The maximum absolute atomic E-state index is 14.3. The van der Waals surface area contributed by atoms with E-state index in [0.717, 1.165) is 16.9 Å². The molecule has 2 amide bonds. The Hall–Kier alpha value is -3.30. The smallest absolute Gasteiger partial charge is 0.294 e. The predicted molar refractivity (Wildman–Crippen MR) is 115 cm³/mol. The third kappa shape index (κ3) is 3.35. The van der Waals surface area contributed by atoms with Gasteiger partial charge in [0.2, 0.25) is 10.0 Å². The van der Waals surface area contributed by atoms with Crippen molar-refractivity contribution in [2.24, 2.45) is 5.14 Å². The van der Waals surface area contributed by atoms with Gasteiger partial charge in [-0.05, 0) is 54.8 Å². The van der Waals surface area contributed by atoms with E-state index in [2.05, 4.69) is 4.98 Å². The Morgan fingerprint density at radius 2 is 1.87 bits per heavy atom. The molecule has 1 fully saturated rings. The highest BCUT2D eigenvalue weighted by Crippen LogP contribution is 2.40. The summed E-state index contributed by atoms with van der Waals surface area (Å²) in [5, 5.41) is 5.15. The molecule has 31 heavy (non-hydrogen) atoms. The summed E-state index contributed by atoms with van der Waals surface area (Å²) in [5.74, 6) is -0.893. The van der Waals surface area contributed by atoms with Crippen LogP contribution >= 0.6 is 0 Å². The van der Waals surface area contributed by atoms with E-state index in [1.807, 2.05) is 42.5 Å². The average molecular weight is 438 g/mol. The minimum absolute atomic E-state index is 0.137. The van der Waals surface area contributed by atoms with Crippen molar-refractivity contribution in [2.75, 3.05) is 16.3 Å². The second-order valence-corrected chi connectivity index (χ2v) is 9.20. The molecule has 0 bridgehead atoms. The standard InChI is InChI=1S/C22H19FN4O3S/c23-18-12-15-11-17-8-10-26(22(28)27(17)20(15)13-21(18)31(24,29)30)16-6-4-14(5-7-16)19-3-1-2-9-25-19/h1-7,9,12-13,17H,8,10-11H2,(H2,24,29,30)/t17-/m0/s1. The Balaban J connectivity index is 1.47. The van der Waals surface area contributed by atoms with Gasteiger partial charge in [-0.25, -0.2) is 22.7 Å². The number of pyridine rings is 1. The highest BCUT2D eigenvalue weighted by molar-refractivity contribution is 7.89. The van der Waals surface area contributed by atoms with Crippen molar-refractivity contribution >= 4 is 27.4 Å². The average Bonchev–Trinajstić information content (AvgIpc) is 3.11. The van der Waals surface area contributed by atoms with Gasteiger partial charge in [-0.2, -0.15) is 0 Å². The SMILES string of the molecule is NS(=O)(=O)c1cc2c(cc1F)C[C@@H]1CCN(c3ccc(-c4ccccn4)cc3)C(=O)N21. The Morgan fingerprint density at radius 1 is 1.10 bits per heavy atom. The molecule has 1 saturated heterocycles. The molecule has 1 aromatic heterocycles. The van der Waals surface area contributed by atoms with E-state index in [1.165, 1.54) is 12.1 Å². The number of urea groups is 1. The fourth-order valence-electron chi connectivity index (χ4n) is 4.31. The summed E-state index contributed by atoms with van der Waals surface area (Å²) in [6.45, 7) is 0.515. The molecule has 9 heteroatoms. The second-order valence-electron chi connectivity index (χ2n) is 7.67. The van der Waals surface area contributed by atoms with Crippen molar-refractivity contribution in [3.63, 3.8) is 0 Å². The molecule has 2 aliphatic heterocycles. The first-order valence-corrected chi connectivity index (χ1v) is 11.3. The van der Waals surface area contributed by atoms with Crippen molar-refractivity contribution in [3.05, 3.63) is 72.2 Å². The third-order valence-corrected chi connectivity index (χ3v) is 6.71. The molecule has 158 valence electrons. The zero-order valence-corrected chi connectivity index (χ0v) is 17.2. The molecular formula is C22H19FN4O3S. The Labute approximate surface area is 179 Å². The molecule has 2 N–H and O–H groups in total. The van der Waals surface area contributed by atoms with Gasteiger partial charge in [0.15, 0.2) is 0 Å². The number of primary sulfonamides is 1. The summed E-state index contributed by atoms with van der Waals surface area (Å²) < 4.78 is 37.8. The fraction of sp³-hybridized carbons (Fsp3) is 0.182. The van der Waals surface area contributed by atoms with E-state index in [4.69, 9.17) is 5.14 Å². The summed E-state index contributed by atoms with van der Waals surface area (Å²) in [7, 11) is -4.24. The number of nitrogens with zero attached hydrogens (tertiary/aromatic N) is 3. The number of sulfonamides is 1. The zero-order valence-electron chi connectivity index (χ0n) is 16.4. The summed E-state index contributed by atoms with van der Waals surface area (Å²) in [4.78, 5) is 20.3. The van der Waals surface area contributed by atoms with E-state index < -0.39 is 20.7 Å². The molecule has 5 rings (SSSR count). The lowest BCUT2D eigenvalue weighted by Gasteiger charge is -2.38. The van der Waals surface area contributed by atoms with Crippen LogP contribution in [0.5, 0.6) is 0 Å². The van der Waals surface area contributed by atoms with Crippen LogP contribution in [0.15, 0.2) is 65.7 Å². The Kier molecular flexibility index (Phi) is 4.53. The summed E-state index contributed by atoms with van der Waals surface area (Å²) in [6, 6.07) is 15.1. The van der Waals surface area contributed by atoms with Crippen molar-refractivity contribution in [1.29, 1.82) is 0 Å². The fourth-order valence-corrected chi connectivity index (χ4v) is 4.92. The first-order chi connectivity index (χ1) is 14.8. The number of halogens is 1. The second kappa shape index (κ2) is 7.14. The van der Waals surface area contributed by atoms with Crippen molar-refractivity contribution < 1.29 is 17.6 Å². The van der Waals surface area contributed by atoms with Crippen molar-refractivity contribution in [1.82, 2.24) is 4.98 Å². The zero-order chi connectivity index (χ0) is 21.8. The van der Waals surface area contributed by atoms with Crippen LogP contribution < -0.4 is 14.9 Å². The van der Waals surface area contributed by atoms with Gasteiger partial charge in [-0.15, -0.1) is 0 Å². The molecule has 1 atom stereocenters. The van der Waals surface area contributed by atoms with Crippen LogP contribution in [0.3, 0.4) is 0 Å². The number of carbonyl (C=O) groups is 1. The maximum Gasteiger partial charge on any atom is 0.329 e. The topological polar surface area (TPSA) is 96.6 Å². The third-order valence-electron chi connectivity index (χ3n) is 5.78. The molecule has 0 saturated carbocycles. The van der Waals surface area contributed by atoms with Gasteiger partial charge in [-0.1, -0.05) is 18.2 Å². The number of hydrogen-bond donors (Lipinski definition) is 1. The molecule has 7 nitrogen and oxygen atoms in total. The van der Waals surface area contributed by atoms with Crippen LogP contribution in [0.1, 0.15) is 12.0 Å². The van der Waals surface area contributed by atoms with Crippen LogP contribution in [-0.2, 0) is 16.4 Å². The van der Waals surface area contributed by atoms with Crippen LogP contribution in [0.25, 0.3) is 11.3 Å². The lowest BCUT2D eigenvalue weighted by atomic mass is 10.1. The molecule has 2 aliphatic rings. The van der Waals surface area contributed by atoms with Gasteiger partial charge in [-0.3, -0.25) is 14.8 Å². The maximum atomic E-state index is 14.3. The highest BCUT2D eigenvalue weighted by Gasteiger charge is 2.41. The number of benzene rings is 2. The number of amides is 2. The van der Waals surface area contributed by atoms with Gasteiger partial charge in [0, 0.05) is 30.0 Å².